The van der Waals surface area contributed by atoms with Crippen LogP contribution in [0, 0.1) is 13.8 Å². The van der Waals surface area contributed by atoms with Crippen LogP contribution in [0.5, 0.6) is 0 Å². The van der Waals surface area contributed by atoms with Crippen molar-refractivity contribution in [1.29, 1.82) is 0 Å². The van der Waals surface area contributed by atoms with E-state index in [2.05, 4.69) is 26.0 Å². The quantitative estimate of drug-likeness (QED) is 0.694. The first-order chi connectivity index (χ1) is 11.1. The second-order valence-corrected chi connectivity index (χ2v) is 6.44. The molecule has 4 nitrogen and oxygen atoms in total. The first-order valence-corrected chi connectivity index (χ1v) is 8.88. The van der Waals surface area contributed by atoms with Gasteiger partial charge in [0.15, 0.2) is 11.5 Å². The molecule has 0 aliphatic heterocycles. The van der Waals surface area contributed by atoms with Crippen LogP contribution in [-0.2, 0) is 13.1 Å². The zero-order valence-corrected chi connectivity index (χ0v) is 15.1. The number of hydrogen-bond donors (Lipinski definition) is 2. The summed E-state index contributed by atoms with van der Waals surface area (Å²) in [6.07, 6.45) is 1.23. The summed E-state index contributed by atoms with van der Waals surface area (Å²) in [7, 11) is 0. The van der Waals surface area contributed by atoms with Crippen molar-refractivity contribution in [1.82, 2.24) is 0 Å². The molecule has 0 spiro atoms. The number of aryl methyl sites for hydroxylation is 2. The number of furan rings is 2. The van der Waals surface area contributed by atoms with Gasteiger partial charge >= 0.3 is 0 Å². The summed E-state index contributed by atoms with van der Waals surface area (Å²) in [6.45, 7) is 15.2. The molecule has 2 aromatic rings. The Labute approximate surface area is 140 Å². The molecule has 0 radical (unpaired) electrons. The highest BCUT2D eigenvalue weighted by Crippen LogP contribution is 2.06. The predicted octanol–water partition coefficient (Wildman–Crippen LogP) is 1.39. The van der Waals surface area contributed by atoms with Crippen LogP contribution in [0.2, 0.25) is 0 Å². The third-order valence-corrected chi connectivity index (χ3v) is 4.50. The minimum atomic E-state index is 0.918. The van der Waals surface area contributed by atoms with Crippen LogP contribution >= 0.6 is 0 Å². The van der Waals surface area contributed by atoms with Gasteiger partial charge in [-0.1, -0.05) is 0 Å². The second kappa shape index (κ2) is 8.94. The van der Waals surface area contributed by atoms with E-state index >= 15 is 0 Å². The van der Waals surface area contributed by atoms with Gasteiger partial charge in [0, 0.05) is 6.42 Å². The Hall–Kier alpha value is -1.52. The molecule has 0 bridgehead atoms. The Bertz CT molecular complexity index is 527. The highest BCUT2D eigenvalue weighted by Gasteiger charge is 2.16. The van der Waals surface area contributed by atoms with E-state index in [0.29, 0.717) is 0 Å². The van der Waals surface area contributed by atoms with Gasteiger partial charge in [0.1, 0.15) is 24.6 Å². The third-order valence-electron chi connectivity index (χ3n) is 4.50. The van der Waals surface area contributed by atoms with E-state index in [9.17, 15) is 0 Å². The lowest BCUT2D eigenvalue weighted by molar-refractivity contribution is -0.938. The average molecular weight is 320 g/mol. The maximum atomic E-state index is 5.77. The summed E-state index contributed by atoms with van der Waals surface area (Å²) in [5.74, 6) is 4.11. The van der Waals surface area contributed by atoms with Crippen molar-refractivity contribution in [2.24, 2.45) is 0 Å². The van der Waals surface area contributed by atoms with E-state index in [4.69, 9.17) is 8.83 Å². The maximum Gasteiger partial charge on any atom is 0.158 e. The van der Waals surface area contributed by atoms with Gasteiger partial charge in [0.2, 0.25) is 0 Å². The van der Waals surface area contributed by atoms with Crippen molar-refractivity contribution in [2.45, 2.75) is 47.2 Å². The van der Waals surface area contributed by atoms with Gasteiger partial charge in [-0.05, 0) is 52.0 Å². The van der Waals surface area contributed by atoms with Gasteiger partial charge in [-0.2, -0.15) is 0 Å². The lowest BCUT2D eigenvalue weighted by Gasteiger charge is -2.20. The molecule has 0 saturated carbocycles. The first-order valence-electron chi connectivity index (χ1n) is 8.88. The number of hydrogen-bond acceptors (Lipinski definition) is 2. The van der Waals surface area contributed by atoms with E-state index in [1.54, 1.807) is 4.90 Å². The molecule has 2 N–H and O–H groups in total. The van der Waals surface area contributed by atoms with Crippen LogP contribution in [0.15, 0.2) is 33.1 Å². The van der Waals surface area contributed by atoms with Crippen LogP contribution in [0.1, 0.15) is 43.3 Å². The Morgan fingerprint density at radius 3 is 1.61 bits per heavy atom. The summed E-state index contributed by atoms with van der Waals surface area (Å²) >= 11 is 0. The lowest BCUT2D eigenvalue weighted by Crippen LogP contribution is -3.13. The number of quaternary nitrogens is 2. The Morgan fingerprint density at radius 2 is 1.22 bits per heavy atom. The monoisotopic (exact) mass is 320 g/mol. The zero-order chi connectivity index (χ0) is 16.7. The molecule has 0 aliphatic rings. The molecule has 2 heterocycles. The first kappa shape index (κ1) is 17.8. The average Bonchev–Trinajstić information content (AvgIpc) is 3.12. The fourth-order valence-corrected chi connectivity index (χ4v) is 3.08. The van der Waals surface area contributed by atoms with Crippen molar-refractivity contribution in [3.63, 3.8) is 0 Å². The molecule has 128 valence electrons. The predicted molar refractivity (Wildman–Crippen MR) is 91.7 cm³/mol. The molecule has 0 aromatic carbocycles. The molecule has 0 saturated heterocycles. The largest absolute Gasteiger partial charge is 0.460 e. The summed E-state index contributed by atoms with van der Waals surface area (Å²) in [5.41, 5.74) is 0. The van der Waals surface area contributed by atoms with Crippen LogP contribution in [0.25, 0.3) is 0 Å². The minimum absolute atomic E-state index is 0.918. The smallest absolute Gasteiger partial charge is 0.158 e. The molecule has 0 fully saturated rings. The van der Waals surface area contributed by atoms with Crippen molar-refractivity contribution in [2.75, 3.05) is 26.2 Å². The van der Waals surface area contributed by atoms with Crippen molar-refractivity contribution in [3.8, 4) is 0 Å². The maximum absolute atomic E-state index is 5.77. The lowest BCUT2D eigenvalue weighted by atomic mass is 10.3. The molecule has 23 heavy (non-hydrogen) atoms. The minimum Gasteiger partial charge on any atom is -0.460 e. The van der Waals surface area contributed by atoms with Crippen molar-refractivity contribution < 1.29 is 18.6 Å². The molecular formula is C19H32N2O2+2. The molecule has 0 aliphatic carbocycles. The summed E-state index contributed by atoms with van der Waals surface area (Å²) in [5, 5.41) is 0. The Balaban J connectivity index is 1.93. The molecule has 0 atom stereocenters. The zero-order valence-electron chi connectivity index (χ0n) is 15.1. The van der Waals surface area contributed by atoms with E-state index in [1.165, 1.54) is 31.0 Å². The van der Waals surface area contributed by atoms with Gasteiger partial charge in [-0.25, -0.2) is 0 Å². The summed E-state index contributed by atoms with van der Waals surface area (Å²) in [4.78, 5) is 3.17. The molecule has 0 amide bonds. The highest BCUT2D eigenvalue weighted by molar-refractivity contribution is 5.05. The summed E-state index contributed by atoms with van der Waals surface area (Å²) < 4.78 is 11.5. The summed E-state index contributed by atoms with van der Waals surface area (Å²) in [6, 6.07) is 8.28. The van der Waals surface area contributed by atoms with Gasteiger partial charge in [0.05, 0.1) is 26.2 Å². The van der Waals surface area contributed by atoms with E-state index in [-0.39, 0.29) is 0 Å². The third kappa shape index (κ3) is 5.88. The number of rotatable bonds is 10. The van der Waals surface area contributed by atoms with Gasteiger partial charge in [-0.3, -0.25) is 0 Å². The van der Waals surface area contributed by atoms with Gasteiger partial charge < -0.3 is 18.6 Å². The molecule has 2 rings (SSSR count). The Kier molecular flexibility index (Phi) is 6.93. The van der Waals surface area contributed by atoms with E-state index in [1.807, 2.05) is 26.0 Å². The highest BCUT2D eigenvalue weighted by atomic mass is 16.3. The fraction of sp³-hybridized carbons (Fsp3) is 0.579. The van der Waals surface area contributed by atoms with Gasteiger partial charge in [-0.15, -0.1) is 0 Å². The topological polar surface area (TPSA) is 35.2 Å². The SMILES string of the molecule is CC[NH+](CC)CCC[NH+](Cc1ccc(C)o1)Cc1ccc(C)o1. The van der Waals surface area contributed by atoms with Crippen molar-refractivity contribution >= 4 is 0 Å². The van der Waals surface area contributed by atoms with Crippen LogP contribution in [-0.4, -0.2) is 26.2 Å². The molecule has 2 aromatic heterocycles. The van der Waals surface area contributed by atoms with E-state index < -0.39 is 0 Å². The van der Waals surface area contributed by atoms with Gasteiger partial charge in [0.25, 0.3) is 0 Å². The van der Waals surface area contributed by atoms with Crippen LogP contribution in [0.3, 0.4) is 0 Å². The van der Waals surface area contributed by atoms with Crippen LogP contribution in [0.4, 0.5) is 0 Å². The van der Waals surface area contributed by atoms with Crippen molar-refractivity contribution in [3.05, 3.63) is 47.3 Å². The fourth-order valence-electron chi connectivity index (χ4n) is 3.08. The van der Waals surface area contributed by atoms with Crippen LogP contribution < -0.4 is 9.80 Å². The normalized spacial score (nSPS) is 11.7. The second-order valence-electron chi connectivity index (χ2n) is 6.44. The molecular weight excluding hydrogens is 288 g/mol. The molecule has 0 unspecified atom stereocenters. The number of nitrogens with one attached hydrogen (secondary N) is 2. The Morgan fingerprint density at radius 1 is 0.739 bits per heavy atom. The standard InChI is InChI=1S/C19H30N2O2/c1-5-20(6-2)12-7-13-21(14-18-10-8-16(3)22-18)15-19-11-9-17(4)23-19/h8-11H,5-7,12-15H2,1-4H3/p+2. The van der Waals surface area contributed by atoms with E-state index in [0.717, 1.165) is 42.7 Å². The molecule has 4 heteroatoms.